The molecule has 1 aromatic rings. The summed E-state index contributed by atoms with van der Waals surface area (Å²) in [5.41, 5.74) is 0.430. The number of nitrogens with one attached hydrogen (secondary N) is 1. The molecule has 1 saturated heterocycles. The summed E-state index contributed by atoms with van der Waals surface area (Å²) >= 11 is 0. The summed E-state index contributed by atoms with van der Waals surface area (Å²) in [5, 5.41) is 3.24. The van der Waals surface area contributed by atoms with Gasteiger partial charge in [0.15, 0.2) is 11.6 Å². The molecule has 20 heavy (non-hydrogen) atoms. The molecule has 1 aliphatic rings. The molecule has 2 atom stereocenters. The largest absolute Gasteiger partial charge is 0.378 e. The van der Waals surface area contributed by atoms with Crippen LogP contribution in [0.5, 0.6) is 0 Å². The van der Waals surface area contributed by atoms with Gasteiger partial charge in [0.05, 0.1) is 6.10 Å². The molecule has 1 aromatic carbocycles. The Morgan fingerprint density at radius 3 is 2.95 bits per heavy atom. The molecule has 0 amide bonds. The minimum atomic E-state index is -0.774. The first-order valence-electron chi connectivity index (χ1n) is 7.51. The maximum atomic E-state index is 13.9. The second kappa shape index (κ2) is 7.70. The quantitative estimate of drug-likeness (QED) is 0.817. The molecule has 0 radical (unpaired) electrons. The summed E-state index contributed by atoms with van der Waals surface area (Å²) in [6.45, 7) is 3.57. The van der Waals surface area contributed by atoms with Crippen molar-refractivity contribution in [2.75, 3.05) is 13.2 Å². The van der Waals surface area contributed by atoms with Crippen LogP contribution in [0, 0.1) is 11.6 Å². The van der Waals surface area contributed by atoms with Gasteiger partial charge < -0.3 is 10.1 Å². The summed E-state index contributed by atoms with van der Waals surface area (Å²) in [5.74, 6) is -1.50. The van der Waals surface area contributed by atoms with Gasteiger partial charge >= 0.3 is 0 Å². The lowest BCUT2D eigenvalue weighted by molar-refractivity contribution is 0.101. The minimum absolute atomic E-state index is 0.128. The van der Waals surface area contributed by atoms with Gasteiger partial charge in [0.25, 0.3) is 0 Å². The van der Waals surface area contributed by atoms with Gasteiger partial charge in [0, 0.05) is 18.2 Å². The van der Waals surface area contributed by atoms with E-state index >= 15 is 0 Å². The van der Waals surface area contributed by atoms with Gasteiger partial charge in [-0.25, -0.2) is 8.78 Å². The number of benzene rings is 1. The molecule has 0 saturated carbocycles. The average Bonchev–Trinajstić information content (AvgIpc) is 2.94. The van der Waals surface area contributed by atoms with Crippen molar-refractivity contribution in [3.05, 3.63) is 35.4 Å². The fraction of sp³-hybridized carbons (Fsp3) is 0.625. The van der Waals surface area contributed by atoms with E-state index in [4.69, 9.17) is 4.74 Å². The van der Waals surface area contributed by atoms with Crippen LogP contribution in [0.4, 0.5) is 8.78 Å². The van der Waals surface area contributed by atoms with Gasteiger partial charge in [-0.05, 0) is 44.7 Å². The van der Waals surface area contributed by atoms with E-state index in [0.717, 1.165) is 51.3 Å². The highest BCUT2D eigenvalue weighted by Crippen LogP contribution is 2.25. The van der Waals surface area contributed by atoms with E-state index in [1.54, 1.807) is 12.1 Å². The minimum Gasteiger partial charge on any atom is -0.378 e. The molecule has 1 aliphatic heterocycles. The molecule has 0 bridgehead atoms. The Morgan fingerprint density at radius 1 is 1.40 bits per heavy atom. The molecule has 1 fully saturated rings. The second-order valence-corrected chi connectivity index (χ2v) is 5.32. The van der Waals surface area contributed by atoms with Crippen molar-refractivity contribution in [1.82, 2.24) is 5.32 Å². The molecular weight excluding hydrogens is 260 g/mol. The number of hydrogen-bond acceptors (Lipinski definition) is 2. The Balaban J connectivity index is 1.93. The van der Waals surface area contributed by atoms with Crippen molar-refractivity contribution in [2.45, 2.75) is 51.2 Å². The SMILES string of the molecule is CCNC(CCCC1CCCO1)c1cccc(F)c1F. The molecular formula is C16H23F2NO. The summed E-state index contributed by atoms with van der Waals surface area (Å²) < 4.78 is 32.8. The summed E-state index contributed by atoms with van der Waals surface area (Å²) in [7, 11) is 0. The van der Waals surface area contributed by atoms with Crippen LogP contribution in [0.15, 0.2) is 18.2 Å². The van der Waals surface area contributed by atoms with Crippen LogP contribution < -0.4 is 5.32 Å². The molecule has 112 valence electrons. The smallest absolute Gasteiger partial charge is 0.163 e. The van der Waals surface area contributed by atoms with Crippen LogP contribution in [-0.2, 0) is 4.74 Å². The Kier molecular flexibility index (Phi) is 5.92. The Bertz CT molecular complexity index is 419. The van der Waals surface area contributed by atoms with Crippen LogP contribution in [0.3, 0.4) is 0 Å². The van der Waals surface area contributed by atoms with E-state index in [0.29, 0.717) is 11.7 Å². The maximum Gasteiger partial charge on any atom is 0.163 e. The predicted molar refractivity (Wildman–Crippen MR) is 75.6 cm³/mol. The third-order valence-electron chi connectivity index (χ3n) is 3.85. The topological polar surface area (TPSA) is 21.3 Å². The van der Waals surface area contributed by atoms with Crippen LogP contribution in [0.25, 0.3) is 0 Å². The third-order valence-corrected chi connectivity index (χ3v) is 3.85. The number of ether oxygens (including phenoxy) is 1. The lowest BCUT2D eigenvalue weighted by atomic mass is 9.98. The first kappa shape index (κ1) is 15.4. The zero-order valence-corrected chi connectivity index (χ0v) is 12.0. The highest BCUT2D eigenvalue weighted by Gasteiger charge is 2.19. The van der Waals surface area contributed by atoms with Crippen LogP contribution in [0.1, 0.15) is 50.6 Å². The van der Waals surface area contributed by atoms with Gasteiger partial charge in [-0.1, -0.05) is 19.1 Å². The van der Waals surface area contributed by atoms with Crippen LogP contribution >= 0.6 is 0 Å². The van der Waals surface area contributed by atoms with Gasteiger partial charge in [-0.3, -0.25) is 0 Å². The summed E-state index contributed by atoms with van der Waals surface area (Å²) in [6.07, 6.45) is 5.38. The first-order valence-corrected chi connectivity index (χ1v) is 7.51. The third kappa shape index (κ3) is 4.00. The van der Waals surface area contributed by atoms with E-state index in [-0.39, 0.29) is 6.04 Å². The Labute approximate surface area is 119 Å². The number of hydrogen-bond donors (Lipinski definition) is 1. The maximum absolute atomic E-state index is 13.9. The van der Waals surface area contributed by atoms with Crippen molar-refractivity contribution in [2.24, 2.45) is 0 Å². The van der Waals surface area contributed by atoms with Crippen molar-refractivity contribution < 1.29 is 13.5 Å². The van der Waals surface area contributed by atoms with Crippen LogP contribution in [-0.4, -0.2) is 19.3 Å². The van der Waals surface area contributed by atoms with E-state index < -0.39 is 11.6 Å². The lowest BCUT2D eigenvalue weighted by Crippen LogP contribution is -2.22. The van der Waals surface area contributed by atoms with Crippen molar-refractivity contribution in [3.8, 4) is 0 Å². The van der Waals surface area contributed by atoms with Gasteiger partial charge in [0.2, 0.25) is 0 Å². The predicted octanol–water partition coefficient (Wildman–Crippen LogP) is 3.96. The van der Waals surface area contributed by atoms with E-state index in [2.05, 4.69) is 5.32 Å². The van der Waals surface area contributed by atoms with Gasteiger partial charge in [0.1, 0.15) is 0 Å². The standard InChI is InChI=1S/C16H23F2NO/c1-2-19-15(10-3-6-12-7-5-11-20-12)13-8-4-9-14(17)16(13)18/h4,8-9,12,15,19H,2-3,5-7,10-11H2,1H3. The monoisotopic (exact) mass is 283 g/mol. The Hall–Kier alpha value is -1.00. The van der Waals surface area contributed by atoms with E-state index in [1.165, 1.54) is 0 Å². The molecule has 2 rings (SSSR count). The van der Waals surface area contributed by atoms with Gasteiger partial charge in [-0.2, -0.15) is 0 Å². The van der Waals surface area contributed by atoms with Gasteiger partial charge in [-0.15, -0.1) is 0 Å². The van der Waals surface area contributed by atoms with E-state index in [9.17, 15) is 8.78 Å². The first-order chi connectivity index (χ1) is 9.72. The molecule has 2 unspecified atom stereocenters. The summed E-state index contributed by atoms with van der Waals surface area (Å²) in [4.78, 5) is 0. The molecule has 4 heteroatoms. The molecule has 2 nitrogen and oxygen atoms in total. The zero-order valence-electron chi connectivity index (χ0n) is 12.0. The molecule has 0 aliphatic carbocycles. The molecule has 1 N–H and O–H groups in total. The highest BCUT2D eigenvalue weighted by atomic mass is 19.2. The number of rotatable bonds is 7. The number of halogens is 2. The molecule has 1 heterocycles. The van der Waals surface area contributed by atoms with Crippen molar-refractivity contribution in [1.29, 1.82) is 0 Å². The fourth-order valence-corrected chi connectivity index (χ4v) is 2.83. The van der Waals surface area contributed by atoms with Crippen molar-refractivity contribution >= 4 is 0 Å². The lowest BCUT2D eigenvalue weighted by Gasteiger charge is -2.20. The van der Waals surface area contributed by atoms with Crippen molar-refractivity contribution in [3.63, 3.8) is 0 Å². The molecule has 0 aromatic heterocycles. The Morgan fingerprint density at radius 2 is 2.25 bits per heavy atom. The molecule has 0 spiro atoms. The second-order valence-electron chi connectivity index (χ2n) is 5.32. The zero-order chi connectivity index (χ0) is 14.4. The fourth-order valence-electron chi connectivity index (χ4n) is 2.83. The average molecular weight is 283 g/mol. The van der Waals surface area contributed by atoms with E-state index in [1.807, 2.05) is 6.92 Å². The summed E-state index contributed by atoms with van der Waals surface area (Å²) in [6, 6.07) is 4.27. The highest BCUT2D eigenvalue weighted by molar-refractivity contribution is 5.22. The van der Waals surface area contributed by atoms with Crippen LogP contribution in [0.2, 0.25) is 0 Å². The normalized spacial score (nSPS) is 20.2.